The SMILES string of the molecule is CCCNC(c1ccc(Cl)cn1)c1ccnn1C. The monoisotopic (exact) mass is 264 g/mol. The molecule has 96 valence electrons. The van der Waals surface area contributed by atoms with Crippen molar-refractivity contribution in [3.8, 4) is 0 Å². The van der Waals surface area contributed by atoms with Crippen molar-refractivity contribution in [1.82, 2.24) is 20.1 Å². The van der Waals surface area contributed by atoms with Crippen LogP contribution in [0.1, 0.15) is 30.8 Å². The van der Waals surface area contributed by atoms with Crippen LogP contribution in [0.5, 0.6) is 0 Å². The molecule has 1 unspecified atom stereocenters. The van der Waals surface area contributed by atoms with Crippen molar-refractivity contribution in [3.05, 3.63) is 47.0 Å². The first-order chi connectivity index (χ1) is 8.72. The van der Waals surface area contributed by atoms with Crippen molar-refractivity contribution in [2.24, 2.45) is 7.05 Å². The second kappa shape index (κ2) is 5.98. The summed E-state index contributed by atoms with van der Waals surface area (Å²) >= 11 is 5.88. The lowest BCUT2D eigenvalue weighted by Gasteiger charge is -2.18. The van der Waals surface area contributed by atoms with Crippen molar-refractivity contribution >= 4 is 11.6 Å². The zero-order chi connectivity index (χ0) is 13.0. The predicted molar refractivity (Wildman–Crippen MR) is 72.6 cm³/mol. The molecular formula is C13H17ClN4. The molecule has 2 aromatic rings. The number of nitrogens with zero attached hydrogens (tertiary/aromatic N) is 3. The van der Waals surface area contributed by atoms with Crippen LogP contribution in [0.4, 0.5) is 0 Å². The van der Waals surface area contributed by atoms with Crippen LogP contribution in [0, 0.1) is 0 Å². The number of aromatic nitrogens is 3. The van der Waals surface area contributed by atoms with Crippen LogP contribution in [0.3, 0.4) is 0 Å². The topological polar surface area (TPSA) is 42.7 Å². The van der Waals surface area contributed by atoms with Crippen molar-refractivity contribution < 1.29 is 0 Å². The highest BCUT2D eigenvalue weighted by Gasteiger charge is 2.17. The molecule has 0 spiro atoms. The zero-order valence-corrected chi connectivity index (χ0v) is 11.4. The van der Waals surface area contributed by atoms with Gasteiger partial charge in [0, 0.05) is 19.4 Å². The molecule has 2 aromatic heterocycles. The number of pyridine rings is 1. The van der Waals surface area contributed by atoms with Gasteiger partial charge in [-0.05, 0) is 31.2 Å². The number of rotatable bonds is 5. The Morgan fingerprint density at radius 1 is 1.39 bits per heavy atom. The van der Waals surface area contributed by atoms with Gasteiger partial charge in [-0.3, -0.25) is 9.67 Å². The summed E-state index contributed by atoms with van der Waals surface area (Å²) in [6.07, 6.45) is 4.54. The van der Waals surface area contributed by atoms with E-state index in [0.717, 1.165) is 24.4 Å². The van der Waals surface area contributed by atoms with Crippen molar-refractivity contribution in [3.63, 3.8) is 0 Å². The molecule has 2 heterocycles. The Morgan fingerprint density at radius 3 is 2.78 bits per heavy atom. The van der Waals surface area contributed by atoms with Gasteiger partial charge in [-0.1, -0.05) is 18.5 Å². The number of nitrogens with one attached hydrogen (secondary N) is 1. The second-order valence-electron chi connectivity index (χ2n) is 4.17. The summed E-state index contributed by atoms with van der Waals surface area (Å²) in [6, 6.07) is 5.86. The van der Waals surface area contributed by atoms with Gasteiger partial charge in [0.05, 0.1) is 22.5 Å². The lowest BCUT2D eigenvalue weighted by atomic mass is 10.1. The van der Waals surface area contributed by atoms with E-state index >= 15 is 0 Å². The van der Waals surface area contributed by atoms with Gasteiger partial charge in [-0.25, -0.2) is 0 Å². The fourth-order valence-corrected chi connectivity index (χ4v) is 1.99. The average Bonchev–Trinajstić information content (AvgIpc) is 2.78. The molecule has 0 aliphatic rings. The summed E-state index contributed by atoms with van der Waals surface area (Å²) in [6.45, 7) is 3.07. The molecule has 0 amide bonds. The van der Waals surface area contributed by atoms with E-state index < -0.39 is 0 Å². The van der Waals surface area contributed by atoms with Crippen LogP contribution < -0.4 is 5.32 Å². The Bertz CT molecular complexity index is 492. The maximum atomic E-state index is 5.88. The first kappa shape index (κ1) is 13.1. The Morgan fingerprint density at radius 2 is 2.22 bits per heavy atom. The normalized spacial score (nSPS) is 12.6. The number of halogens is 1. The number of hydrogen-bond acceptors (Lipinski definition) is 3. The molecule has 2 rings (SSSR count). The third-order valence-electron chi connectivity index (χ3n) is 2.80. The first-order valence-corrected chi connectivity index (χ1v) is 6.43. The third-order valence-corrected chi connectivity index (χ3v) is 3.02. The Balaban J connectivity index is 2.30. The maximum Gasteiger partial charge on any atom is 0.0921 e. The van der Waals surface area contributed by atoms with E-state index in [9.17, 15) is 0 Å². The second-order valence-corrected chi connectivity index (χ2v) is 4.60. The Labute approximate surface area is 112 Å². The van der Waals surface area contributed by atoms with Gasteiger partial charge in [-0.2, -0.15) is 5.10 Å². The smallest absolute Gasteiger partial charge is 0.0921 e. The van der Waals surface area contributed by atoms with Crippen LogP contribution in [0.2, 0.25) is 5.02 Å². The fourth-order valence-electron chi connectivity index (χ4n) is 1.87. The number of hydrogen-bond donors (Lipinski definition) is 1. The number of aryl methyl sites for hydroxylation is 1. The molecule has 0 aromatic carbocycles. The van der Waals surface area contributed by atoms with Gasteiger partial charge in [-0.15, -0.1) is 0 Å². The lowest BCUT2D eigenvalue weighted by Crippen LogP contribution is -2.26. The molecule has 1 N–H and O–H groups in total. The first-order valence-electron chi connectivity index (χ1n) is 6.05. The molecule has 0 radical (unpaired) electrons. The highest BCUT2D eigenvalue weighted by Crippen LogP contribution is 2.20. The Kier molecular flexibility index (Phi) is 4.33. The van der Waals surface area contributed by atoms with E-state index in [1.54, 1.807) is 12.4 Å². The van der Waals surface area contributed by atoms with E-state index in [1.165, 1.54) is 0 Å². The van der Waals surface area contributed by atoms with Crippen molar-refractivity contribution in [2.75, 3.05) is 6.54 Å². The van der Waals surface area contributed by atoms with Gasteiger partial charge in [0.1, 0.15) is 0 Å². The molecule has 18 heavy (non-hydrogen) atoms. The van der Waals surface area contributed by atoms with Gasteiger partial charge < -0.3 is 5.32 Å². The molecule has 4 nitrogen and oxygen atoms in total. The van der Waals surface area contributed by atoms with Crippen LogP contribution >= 0.6 is 11.6 Å². The maximum absolute atomic E-state index is 5.88. The minimum absolute atomic E-state index is 0.0507. The molecule has 0 saturated heterocycles. The van der Waals surface area contributed by atoms with Gasteiger partial charge >= 0.3 is 0 Å². The quantitative estimate of drug-likeness (QED) is 0.903. The van der Waals surface area contributed by atoms with E-state index in [0.29, 0.717) is 5.02 Å². The van der Waals surface area contributed by atoms with E-state index in [1.807, 2.05) is 29.9 Å². The highest BCUT2D eigenvalue weighted by molar-refractivity contribution is 6.30. The molecule has 0 fully saturated rings. The summed E-state index contributed by atoms with van der Waals surface area (Å²) in [4.78, 5) is 4.39. The van der Waals surface area contributed by atoms with Crippen molar-refractivity contribution in [1.29, 1.82) is 0 Å². The van der Waals surface area contributed by atoms with E-state index in [-0.39, 0.29) is 6.04 Å². The standard InChI is InChI=1S/C13H17ClN4/c1-3-7-15-13(12-6-8-17-18(12)2)11-5-4-10(14)9-16-11/h4-6,8-9,13,15H,3,7H2,1-2H3. The molecule has 5 heteroatoms. The van der Waals surface area contributed by atoms with E-state index in [2.05, 4.69) is 22.3 Å². The minimum Gasteiger partial charge on any atom is -0.304 e. The summed E-state index contributed by atoms with van der Waals surface area (Å²) in [5.74, 6) is 0. The minimum atomic E-state index is 0.0507. The largest absolute Gasteiger partial charge is 0.304 e. The van der Waals surface area contributed by atoms with Crippen molar-refractivity contribution in [2.45, 2.75) is 19.4 Å². The molecule has 0 bridgehead atoms. The van der Waals surface area contributed by atoms with E-state index in [4.69, 9.17) is 11.6 Å². The van der Waals surface area contributed by atoms with Gasteiger partial charge in [0.2, 0.25) is 0 Å². The molecule has 0 saturated carbocycles. The molecule has 1 atom stereocenters. The van der Waals surface area contributed by atoms with Crippen LogP contribution in [0.25, 0.3) is 0 Å². The summed E-state index contributed by atoms with van der Waals surface area (Å²) in [7, 11) is 1.94. The van der Waals surface area contributed by atoms with Crippen LogP contribution in [-0.2, 0) is 7.05 Å². The summed E-state index contributed by atoms with van der Waals surface area (Å²) in [5, 5.41) is 8.34. The Hall–Kier alpha value is -1.39. The molecular weight excluding hydrogens is 248 g/mol. The van der Waals surface area contributed by atoms with Crippen LogP contribution in [-0.4, -0.2) is 21.3 Å². The van der Waals surface area contributed by atoms with Gasteiger partial charge in [0.15, 0.2) is 0 Å². The highest BCUT2D eigenvalue weighted by atomic mass is 35.5. The molecule has 0 aliphatic carbocycles. The fraction of sp³-hybridized carbons (Fsp3) is 0.385. The predicted octanol–water partition coefficient (Wildman–Crippen LogP) is 2.56. The zero-order valence-electron chi connectivity index (χ0n) is 10.6. The average molecular weight is 265 g/mol. The molecule has 0 aliphatic heterocycles. The summed E-state index contributed by atoms with van der Waals surface area (Å²) in [5.41, 5.74) is 2.05. The van der Waals surface area contributed by atoms with Gasteiger partial charge in [0.25, 0.3) is 0 Å². The third kappa shape index (κ3) is 2.89. The van der Waals surface area contributed by atoms with Crippen LogP contribution in [0.15, 0.2) is 30.6 Å². The summed E-state index contributed by atoms with van der Waals surface area (Å²) < 4.78 is 1.86. The lowest BCUT2D eigenvalue weighted by molar-refractivity contribution is 0.544.